The number of benzene rings is 1. The first-order chi connectivity index (χ1) is 5.68. The van der Waals surface area contributed by atoms with Gasteiger partial charge in [-0.15, -0.1) is 0 Å². The molecule has 1 aromatic rings. The average molecular weight is 278 g/mol. The molecule has 0 fully saturated rings. The van der Waals surface area contributed by atoms with E-state index >= 15 is 0 Å². The van der Waals surface area contributed by atoms with Crippen LogP contribution in [-0.4, -0.2) is 11.3 Å². The van der Waals surface area contributed by atoms with Crippen molar-refractivity contribution in [2.24, 2.45) is 0 Å². The predicted octanol–water partition coefficient (Wildman–Crippen LogP) is 2.49. The Morgan fingerprint density at radius 2 is 2.00 bits per heavy atom. The molecule has 4 heteroatoms. The van der Waals surface area contributed by atoms with Crippen molar-refractivity contribution >= 4 is 28.7 Å². The van der Waals surface area contributed by atoms with Gasteiger partial charge in [0.1, 0.15) is 6.61 Å². The van der Waals surface area contributed by atoms with E-state index in [1.54, 1.807) is 0 Å². The highest BCUT2D eigenvalue weighted by Crippen LogP contribution is 2.07. The van der Waals surface area contributed by atoms with Crippen LogP contribution in [-0.2, 0) is 11.3 Å². The third-order valence-corrected chi connectivity index (χ3v) is 1.99. The molecule has 0 unspecified atom stereocenters. The van der Waals surface area contributed by atoms with Gasteiger partial charge in [0.15, 0.2) is 0 Å². The summed E-state index contributed by atoms with van der Waals surface area (Å²) in [7, 11) is 0. The van der Waals surface area contributed by atoms with Crippen LogP contribution in [0.4, 0.5) is 4.79 Å². The molecule has 0 saturated carbocycles. The van der Waals surface area contributed by atoms with Crippen molar-refractivity contribution in [3.05, 3.63) is 33.4 Å². The number of rotatable bonds is 2. The molecule has 3 nitrogen and oxygen atoms in total. The van der Waals surface area contributed by atoms with Crippen molar-refractivity contribution in [3.8, 4) is 0 Å². The number of ether oxygens (including phenoxy) is 1. The summed E-state index contributed by atoms with van der Waals surface area (Å²) >= 11 is 2.18. The zero-order valence-electron chi connectivity index (χ0n) is 6.16. The molecule has 64 valence electrons. The van der Waals surface area contributed by atoms with Crippen molar-refractivity contribution in [2.45, 2.75) is 6.61 Å². The highest BCUT2D eigenvalue weighted by molar-refractivity contribution is 14.1. The summed E-state index contributed by atoms with van der Waals surface area (Å²) in [6.45, 7) is 0.117. The second kappa shape index (κ2) is 4.30. The summed E-state index contributed by atoms with van der Waals surface area (Å²) in [5.74, 6) is 0. The van der Waals surface area contributed by atoms with E-state index in [2.05, 4.69) is 27.3 Å². The van der Waals surface area contributed by atoms with Gasteiger partial charge in [0.2, 0.25) is 0 Å². The fraction of sp³-hybridized carbons (Fsp3) is 0.125. The highest BCUT2D eigenvalue weighted by atomic mass is 127. The predicted molar refractivity (Wildman–Crippen MR) is 52.0 cm³/mol. The van der Waals surface area contributed by atoms with Crippen LogP contribution in [0.15, 0.2) is 24.3 Å². The Hall–Kier alpha value is -0.780. The first kappa shape index (κ1) is 9.31. The van der Waals surface area contributed by atoms with Crippen LogP contribution >= 0.6 is 22.6 Å². The van der Waals surface area contributed by atoms with Crippen molar-refractivity contribution in [2.75, 3.05) is 0 Å². The van der Waals surface area contributed by atoms with E-state index in [1.165, 1.54) is 0 Å². The molecule has 0 saturated heterocycles. The van der Waals surface area contributed by atoms with E-state index in [4.69, 9.17) is 5.11 Å². The van der Waals surface area contributed by atoms with Crippen molar-refractivity contribution < 1.29 is 14.6 Å². The third kappa shape index (κ3) is 3.08. The summed E-state index contributed by atoms with van der Waals surface area (Å²) in [5.41, 5.74) is 0.859. The van der Waals surface area contributed by atoms with Gasteiger partial charge < -0.3 is 9.84 Å². The van der Waals surface area contributed by atoms with Crippen LogP contribution in [0.25, 0.3) is 0 Å². The monoisotopic (exact) mass is 278 g/mol. The minimum Gasteiger partial charge on any atom is -0.450 e. The van der Waals surface area contributed by atoms with E-state index < -0.39 is 6.16 Å². The molecule has 0 heterocycles. The van der Waals surface area contributed by atoms with Crippen molar-refractivity contribution in [3.63, 3.8) is 0 Å². The minimum atomic E-state index is -1.24. The van der Waals surface area contributed by atoms with Gasteiger partial charge in [-0.05, 0) is 40.3 Å². The summed E-state index contributed by atoms with van der Waals surface area (Å²) in [6, 6.07) is 7.48. The van der Waals surface area contributed by atoms with Crippen LogP contribution < -0.4 is 0 Å². The van der Waals surface area contributed by atoms with Crippen LogP contribution in [0, 0.1) is 3.57 Å². The van der Waals surface area contributed by atoms with E-state index in [1.807, 2.05) is 24.3 Å². The molecule has 0 radical (unpaired) electrons. The molecular weight excluding hydrogens is 271 g/mol. The van der Waals surface area contributed by atoms with Gasteiger partial charge in [-0.2, -0.15) is 0 Å². The Balaban J connectivity index is 2.53. The quantitative estimate of drug-likeness (QED) is 0.667. The van der Waals surface area contributed by atoms with Crippen LogP contribution in [0.3, 0.4) is 0 Å². The fourth-order valence-electron chi connectivity index (χ4n) is 0.726. The van der Waals surface area contributed by atoms with E-state index in [0.717, 1.165) is 9.13 Å². The molecule has 1 N–H and O–H groups in total. The lowest BCUT2D eigenvalue weighted by molar-refractivity contribution is 0.0854. The molecule has 0 spiro atoms. The second-order valence-electron chi connectivity index (χ2n) is 2.18. The third-order valence-electron chi connectivity index (χ3n) is 1.28. The van der Waals surface area contributed by atoms with Gasteiger partial charge in [0, 0.05) is 3.57 Å². The number of carboxylic acid groups (broad SMARTS) is 1. The minimum absolute atomic E-state index is 0.117. The fourth-order valence-corrected chi connectivity index (χ4v) is 1.09. The standard InChI is InChI=1S/C8H7IO3/c9-7-3-1-6(2-4-7)5-12-8(10)11/h1-4H,5H2,(H,10,11). The SMILES string of the molecule is O=C(O)OCc1ccc(I)cc1. The molecule has 1 aromatic carbocycles. The maximum Gasteiger partial charge on any atom is 0.506 e. The molecule has 0 atom stereocenters. The van der Waals surface area contributed by atoms with Gasteiger partial charge in [-0.25, -0.2) is 4.79 Å². The normalized spacial score (nSPS) is 9.42. The lowest BCUT2D eigenvalue weighted by Crippen LogP contribution is -1.99. The first-order valence-electron chi connectivity index (χ1n) is 3.28. The number of carbonyl (C=O) groups is 1. The van der Waals surface area contributed by atoms with Crippen molar-refractivity contribution in [1.29, 1.82) is 0 Å². The molecular formula is C8H7IO3. The summed E-state index contributed by atoms with van der Waals surface area (Å²) in [6.07, 6.45) is -1.24. The van der Waals surface area contributed by atoms with Gasteiger partial charge in [0.05, 0.1) is 0 Å². The van der Waals surface area contributed by atoms with Crippen LogP contribution in [0.1, 0.15) is 5.56 Å². The molecule has 0 aliphatic heterocycles. The Bertz CT molecular complexity index is 268. The van der Waals surface area contributed by atoms with Crippen molar-refractivity contribution in [1.82, 2.24) is 0 Å². The largest absolute Gasteiger partial charge is 0.506 e. The van der Waals surface area contributed by atoms with Gasteiger partial charge in [0.25, 0.3) is 0 Å². The first-order valence-corrected chi connectivity index (χ1v) is 4.36. The number of halogens is 1. The lowest BCUT2D eigenvalue weighted by Gasteiger charge is -1.99. The summed E-state index contributed by atoms with van der Waals surface area (Å²) in [5, 5.41) is 8.21. The van der Waals surface area contributed by atoms with E-state index in [0.29, 0.717) is 0 Å². The van der Waals surface area contributed by atoms with Crippen LogP contribution in [0.2, 0.25) is 0 Å². The van der Waals surface area contributed by atoms with Crippen LogP contribution in [0.5, 0.6) is 0 Å². The molecule has 0 aliphatic carbocycles. The average Bonchev–Trinajstić information content (AvgIpc) is 2.03. The Morgan fingerprint density at radius 3 is 2.50 bits per heavy atom. The van der Waals surface area contributed by atoms with Gasteiger partial charge >= 0.3 is 6.16 Å². The molecule has 0 bridgehead atoms. The Kier molecular flexibility index (Phi) is 3.33. The summed E-state index contributed by atoms with van der Waals surface area (Å²) in [4.78, 5) is 10.0. The molecule has 0 aromatic heterocycles. The smallest absolute Gasteiger partial charge is 0.450 e. The molecule has 12 heavy (non-hydrogen) atoms. The van der Waals surface area contributed by atoms with E-state index in [9.17, 15) is 4.79 Å². The Labute approximate surface area is 83.5 Å². The van der Waals surface area contributed by atoms with E-state index in [-0.39, 0.29) is 6.61 Å². The summed E-state index contributed by atoms with van der Waals surface area (Å²) < 4.78 is 5.50. The Morgan fingerprint density at radius 1 is 1.42 bits per heavy atom. The zero-order valence-corrected chi connectivity index (χ0v) is 8.32. The highest BCUT2D eigenvalue weighted by Gasteiger charge is 1.97. The maximum absolute atomic E-state index is 10.0. The van der Waals surface area contributed by atoms with Gasteiger partial charge in [-0.3, -0.25) is 0 Å². The number of hydrogen-bond acceptors (Lipinski definition) is 2. The topological polar surface area (TPSA) is 46.5 Å². The second-order valence-corrected chi connectivity index (χ2v) is 3.43. The molecule has 0 aliphatic rings. The lowest BCUT2D eigenvalue weighted by atomic mass is 10.2. The molecule has 1 rings (SSSR count). The zero-order chi connectivity index (χ0) is 8.97. The molecule has 0 amide bonds. The van der Waals surface area contributed by atoms with Gasteiger partial charge in [-0.1, -0.05) is 12.1 Å². The number of hydrogen-bond donors (Lipinski definition) is 1. The maximum atomic E-state index is 10.0.